The maximum Gasteiger partial charge on any atom is 0.230 e. The highest BCUT2D eigenvalue weighted by Crippen LogP contribution is 2.43. The summed E-state index contributed by atoms with van der Waals surface area (Å²) in [5.74, 6) is 11.6. The first-order valence-electron chi connectivity index (χ1n) is 39.2. The number of ether oxygens (including phenoxy) is 9. The van der Waals surface area contributed by atoms with Crippen LogP contribution in [0.1, 0.15) is 17.5 Å². The van der Waals surface area contributed by atoms with Gasteiger partial charge in [-0.1, -0.05) is 71.2 Å². The molecule has 12 heterocycles. The van der Waals surface area contributed by atoms with E-state index in [2.05, 4.69) is 105 Å². The monoisotopic (exact) mass is 1740 g/mol. The molecule has 6 N–H and O–H groups in total. The molecule has 40 heteroatoms. The number of benzene rings is 6. The predicted octanol–water partition coefficient (Wildman–Crippen LogP) is 13.6. The lowest BCUT2D eigenvalue weighted by Crippen LogP contribution is -2.47. The number of H-pyrrole nitrogens is 3. The zero-order valence-corrected chi connectivity index (χ0v) is 70.9. The number of para-hydroxylation sites is 6. The third-order valence-corrected chi connectivity index (χ3v) is 21.8. The van der Waals surface area contributed by atoms with E-state index >= 15 is 0 Å². The van der Waals surface area contributed by atoms with Crippen LogP contribution in [0.25, 0.3) is 33.1 Å². The molecule has 0 radical (unpaired) electrons. The third-order valence-electron chi connectivity index (χ3n) is 20.1. The van der Waals surface area contributed by atoms with E-state index in [9.17, 15) is 0 Å². The Kier molecular flexibility index (Phi) is 26.4. The van der Waals surface area contributed by atoms with Crippen molar-refractivity contribution in [1.82, 2.24) is 94.2 Å². The van der Waals surface area contributed by atoms with Crippen molar-refractivity contribution in [3.8, 4) is 69.4 Å². The van der Waals surface area contributed by atoms with E-state index in [1.165, 1.54) is 12.7 Å². The van der Waals surface area contributed by atoms with Gasteiger partial charge in [-0.15, -0.1) is 11.3 Å². The molecule has 0 saturated carbocycles. The molecule has 0 atom stereocenters. The first-order valence-corrected chi connectivity index (χ1v) is 41.2. The molecule has 15 aromatic rings. The topological polar surface area (TPSA) is 371 Å². The van der Waals surface area contributed by atoms with Crippen LogP contribution >= 0.6 is 46.1 Å². The molecular weight excluding hydrogens is 1660 g/mol. The fraction of sp³-hybridized carbons (Fsp3) is 0.277. The second-order valence-electron chi connectivity index (χ2n) is 27.9. The molecule has 9 aromatic heterocycles. The lowest BCUT2D eigenvalue weighted by Gasteiger charge is -2.34. The van der Waals surface area contributed by atoms with Crippen molar-refractivity contribution in [2.45, 2.75) is 26.2 Å². The standard InChI is InChI=1S/C29H32ClN9O3.C27H27ClN10O3.C27H27ClN8O3S/c1-40-24-15-20(30)23(16-25(24)41-2)42-28-17-26(32-18-27-33-21-5-3-4-6-22(21)34-27)35-29(36-28)39-13-11-37(12-14-39)9-10-38-8-7-31-19-38;1-39-21-11-17(28)20(12-22(21)40-2)41-25-13-23(30-14-24-33-18-5-3-4-6-19(18)34-24)35-27(36-25)38-9-7-37(8-10-38)26-31-15-29-16-32-26;1-37-21-13-17(28)20(14-22(21)38-2)39-25-15-23(30-16-24-31-18-5-3-4-6-19(18)32-24)33-26(34-25)35-8-10-36(11-9-35)27-29-7-12-40-27/h3-8,15-17,19H,9-14,18H2,1-2H3,(H,33,34)(H,32,35,36);3-6,11-13,15-16H,7-10,14H2,1-2H3,(H,33,34)(H,30,35,36);3-7,12-15H,8-11,16H2,1-2H3,(H,31,32)(H,30,33,34). The Labute approximate surface area is 724 Å². The number of aromatic amines is 3. The maximum atomic E-state index is 6.52. The van der Waals surface area contributed by atoms with Gasteiger partial charge in [0.1, 0.15) is 47.6 Å². The molecule has 18 rings (SSSR count). The number of anilines is 8. The number of fused-ring (bicyclic) bond motifs is 3. The summed E-state index contributed by atoms with van der Waals surface area (Å²) >= 11 is 21.2. The van der Waals surface area contributed by atoms with Crippen LogP contribution in [0.15, 0.2) is 170 Å². The van der Waals surface area contributed by atoms with Crippen LogP contribution in [0, 0.1) is 0 Å². The molecule has 0 aliphatic carbocycles. The first kappa shape index (κ1) is 82.9. The summed E-state index contributed by atoms with van der Waals surface area (Å²) in [6.45, 7) is 12.4. The molecule has 3 aliphatic heterocycles. The minimum atomic E-state index is 0.316. The van der Waals surface area contributed by atoms with Gasteiger partial charge in [0.25, 0.3) is 0 Å². The summed E-state index contributed by atoms with van der Waals surface area (Å²) in [5.41, 5.74) is 5.65. The normalized spacial score (nSPS) is 13.6. The molecule has 0 unspecified atom stereocenters. The molecule has 0 spiro atoms. The molecule has 3 fully saturated rings. The van der Waals surface area contributed by atoms with Crippen molar-refractivity contribution >= 4 is 126 Å². The highest BCUT2D eigenvalue weighted by Gasteiger charge is 2.28. The van der Waals surface area contributed by atoms with Gasteiger partial charge in [-0.3, -0.25) is 4.90 Å². The Morgan fingerprint density at radius 1 is 0.366 bits per heavy atom. The summed E-state index contributed by atoms with van der Waals surface area (Å²) in [6, 6.07) is 38.9. The minimum absolute atomic E-state index is 0.316. The summed E-state index contributed by atoms with van der Waals surface area (Å²) in [4.78, 5) is 86.8. The maximum absolute atomic E-state index is 6.52. The number of imidazole rings is 4. The summed E-state index contributed by atoms with van der Waals surface area (Å²) in [6.07, 6.45) is 10.5. The molecule has 3 aliphatic rings. The highest BCUT2D eigenvalue weighted by molar-refractivity contribution is 7.13. The number of nitrogens with one attached hydrogen (secondary N) is 6. The SMILES string of the molecule is COc1cc(Cl)c(Oc2cc(NCc3nc4ccccc4[nH]3)nc(N3CCN(CCn4ccnc4)CC3)n2)cc1OC.COc1cc(Cl)c(Oc2cc(NCc3nc4ccccc4[nH]3)nc(N3CCN(c4nccs4)CC3)n2)cc1OC.COc1cc(Cl)c(Oc2cc(NCc3nc4ccccc4[nH]3)nc(N3CCN(c4ncncn4)CC3)n2)cc1OC. The van der Waals surface area contributed by atoms with Crippen molar-refractivity contribution in [2.24, 2.45) is 0 Å². The van der Waals surface area contributed by atoms with Crippen LogP contribution in [-0.2, 0) is 26.2 Å². The van der Waals surface area contributed by atoms with E-state index in [0.29, 0.717) is 172 Å². The van der Waals surface area contributed by atoms with Crippen molar-refractivity contribution in [3.63, 3.8) is 0 Å². The van der Waals surface area contributed by atoms with E-state index in [1.807, 2.05) is 96.9 Å². The quantitative estimate of drug-likeness (QED) is 0.0253. The molecule has 6 aromatic carbocycles. The van der Waals surface area contributed by atoms with E-state index in [-0.39, 0.29) is 0 Å². The lowest BCUT2D eigenvalue weighted by molar-refractivity contribution is 0.247. The molecule has 634 valence electrons. The van der Waals surface area contributed by atoms with Crippen LogP contribution in [0.2, 0.25) is 15.1 Å². The van der Waals surface area contributed by atoms with Gasteiger partial charge in [0.2, 0.25) is 41.4 Å². The average Bonchev–Trinajstić information content (AvgIpc) is 1.62. The van der Waals surface area contributed by atoms with Crippen LogP contribution in [0.4, 0.5) is 46.4 Å². The van der Waals surface area contributed by atoms with Crippen LogP contribution in [0.3, 0.4) is 0 Å². The molecule has 0 amide bonds. The van der Waals surface area contributed by atoms with Crippen molar-refractivity contribution < 1.29 is 42.6 Å². The van der Waals surface area contributed by atoms with Gasteiger partial charge in [0.15, 0.2) is 56.9 Å². The molecule has 36 nitrogen and oxygen atoms in total. The van der Waals surface area contributed by atoms with E-state index < -0.39 is 0 Å². The lowest BCUT2D eigenvalue weighted by atomic mass is 10.3. The van der Waals surface area contributed by atoms with Crippen molar-refractivity contribution in [2.75, 3.05) is 168 Å². The number of nitrogens with zero attached hydrogens (tertiary/aromatic N) is 21. The average molecular weight is 1740 g/mol. The van der Waals surface area contributed by atoms with Gasteiger partial charge in [-0.05, 0) is 36.4 Å². The largest absolute Gasteiger partial charge is 0.493 e. The Balaban J connectivity index is 0.000000137. The van der Waals surface area contributed by atoms with Gasteiger partial charge in [-0.25, -0.2) is 39.9 Å². The van der Waals surface area contributed by atoms with Crippen molar-refractivity contribution in [3.05, 3.63) is 203 Å². The third kappa shape index (κ3) is 20.7. The van der Waals surface area contributed by atoms with E-state index in [1.54, 1.807) is 115 Å². The van der Waals surface area contributed by atoms with Crippen molar-refractivity contribution in [1.29, 1.82) is 0 Å². The van der Waals surface area contributed by atoms with Crippen LogP contribution < -0.4 is 83.1 Å². The summed E-state index contributed by atoms with van der Waals surface area (Å²) in [7, 11) is 9.33. The number of methoxy groups -OCH3 is 6. The van der Waals surface area contributed by atoms with E-state index in [4.69, 9.17) is 107 Å². The number of aromatic nitrogens is 18. The Morgan fingerprint density at radius 2 is 0.724 bits per heavy atom. The number of halogens is 3. The number of hydrogen-bond donors (Lipinski definition) is 6. The summed E-state index contributed by atoms with van der Waals surface area (Å²) in [5, 5.41) is 14.2. The molecule has 3 saturated heterocycles. The smallest absolute Gasteiger partial charge is 0.230 e. The van der Waals surface area contributed by atoms with Gasteiger partial charge in [-0.2, -0.15) is 29.9 Å². The van der Waals surface area contributed by atoms with E-state index in [0.717, 1.165) is 121 Å². The number of piperazine rings is 3. The first-order chi connectivity index (χ1) is 60.3. The van der Waals surface area contributed by atoms with Crippen LogP contribution in [-0.4, -0.2) is 222 Å². The zero-order chi connectivity index (χ0) is 84.5. The summed E-state index contributed by atoms with van der Waals surface area (Å²) < 4.78 is 53.0. The molecule has 0 bridgehead atoms. The number of thiazole rings is 1. The van der Waals surface area contributed by atoms with Gasteiger partial charge < -0.3 is 103 Å². The van der Waals surface area contributed by atoms with Gasteiger partial charge in [0, 0.05) is 170 Å². The van der Waals surface area contributed by atoms with Gasteiger partial charge >= 0.3 is 0 Å². The predicted molar refractivity (Wildman–Crippen MR) is 472 cm³/mol. The Morgan fingerprint density at radius 3 is 1.07 bits per heavy atom. The zero-order valence-electron chi connectivity index (χ0n) is 67.8. The number of hydrogen-bond acceptors (Lipinski definition) is 33. The fourth-order valence-electron chi connectivity index (χ4n) is 13.8. The number of rotatable bonds is 29. The highest BCUT2D eigenvalue weighted by atomic mass is 35.5. The minimum Gasteiger partial charge on any atom is -0.493 e. The Hall–Kier alpha value is -13.8. The molecular formula is C83H86Cl3N27O9S. The molecule has 123 heavy (non-hydrogen) atoms. The Bertz CT molecular complexity index is 5940. The van der Waals surface area contributed by atoms with Crippen LogP contribution in [0.5, 0.6) is 69.4 Å². The van der Waals surface area contributed by atoms with Gasteiger partial charge in [0.05, 0.1) is 117 Å². The second kappa shape index (κ2) is 39.2. The second-order valence-corrected chi connectivity index (χ2v) is 30.0. The fourth-order valence-corrected chi connectivity index (χ4v) is 15.1.